The molecule has 0 bridgehead atoms. The Hall–Kier alpha value is -2.92. The molecule has 2 aromatic carbocycles. The molecular weight excluding hydrogens is 340 g/mol. The van der Waals surface area contributed by atoms with Gasteiger partial charge in [-0.3, -0.25) is 14.5 Å². The van der Waals surface area contributed by atoms with E-state index in [0.29, 0.717) is 17.5 Å². The second kappa shape index (κ2) is 8.64. The van der Waals surface area contributed by atoms with Gasteiger partial charge in [-0.15, -0.1) is 0 Å². The summed E-state index contributed by atoms with van der Waals surface area (Å²) in [5.41, 5.74) is 1.34. The van der Waals surface area contributed by atoms with Crippen LogP contribution in [-0.2, 0) is 0 Å². The summed E-state index contributed by atoms with van der Waals surface area (Å²) in [5.74, 6) is -0.351. The number of hydrogen-bond donors (Lipinski definition) is 1. The summed E-state index contributed by atoms with van der Waals surface area (Å²) in [6.07, 6.45) is 0. The summed E-state index contributed by atoms with van der Waals surface area (Å²) in [4.78, 5) is 27.1. The third kappa shape index (κ3) is 4.26. The van der Waals surface area contributed by atoms with E-state index >= 15 is 0 Å². The molecule has 0 aliphatic carbocycles. The fourth-order valence-electron chi connectivity index (χ4n) is 3.29. The Morgan fingerprint density at radius 1 is 1.04 bits per heavy atom. The van der Waals surface area contributed by atoms with E-state index in [0.717, 1.165) is 18.7 Å². The Kier molecular flexibility index (Phi) is 6.04. The van der Waals surface area contributed by atoms with Gasteiger partial charge in [0, 0.05) is 12.6 Å². The molecule has 5 nitrogen and oxygen atoms in total. The maximum absolute atomic E-state index is 12.6. The van der Waals surface area contributed by atoms with Crippen LogP contribution in [0.1, 0.15) is 36.0 Å². The molecule has 1 heterocycles. The van der Waals surface area contributed by atoms with E-state index in [-0.39, 0.29) is 23.1 Å². The monoisotopic (exact) mass is 364 g/mol. The van der Waals surface area contributed by atoms with Crippen LogP contribution in [-0.4, -0.2) is 30.4 Å². The lowest BCUT2D eigenvalue weighted by Crippen LogP contribution is -2.38. The van der Waals surface area contributed by atoms with E-state index in [2.05, 4.69) is 36.2 Å². The van der Waals surface area contributed by atoms with Gasteiger partial charge in [-0.1, -0.05) is 56.3 Å². The molecule has 0 saturated heterocycles. The molecule has 1 atom stereocenters. The summed E-state index contributed by atoms with van der Waals surface area (Å²) >= 11 is 0. The fourth-order valence-corrected chi connectivity index (χ4v) is 3.29. The number of amides is 1. The first kappa shape index (κ1) is 18.9. The van der Waals surface area contributed by atoms with Gasteiger partial charge in [0.2, 0.25) is 0 Å². The molecule has 1 aromatic heterocycles. The minimum atomic E-state index is -0.383. The molecule has 0 fully saturated rings. The largest absolute Gasteiger partial charge is 0.451 e. The Balaban J connectivity index is 1.81. The first-order valence-corrected chi connectivity index (χ1v) is 9.24. The molecular formula is C22H24N2O3. The van der Waals surface area contributed by atoms with Crippen molar-refractivity contribution >= 4 is 16.9 Å². The highest BCUT2D eigenvalue weighted by Gasteiger charge is 2.20. The second-order valence-electron chi connectivity index (χ2n) is 6.33. The van der Waals surface area contributed by atoms with Gasteiger partial charge in [0.25, 0.3) is 5.91 Å². The number of benzene rings is 2. The number of nitrogens with zero attached hydrogens (tertiary/aromatic N) is 1. The normalized spacial score (nSPS) is 12.3. The first-order valence-electron chi connectivity index (χ1n) is 9.24. The van der Waals surface area contributed by atoms with Crippen LogP contribution in [0.15, 0.2) is 69.9 Å². The Morgan fingerprint density at radius 3 is 2.41 bits per heavy atom. The fraction of sp³-hybridized carbons (Fsp3) is 0.273. The van der Waals surface area contributed by atoms with Crippen molar-refractivity contribution in [3.63, 3.8) is 0 Å². The molecule has 0 spiro atoms. The lowest BCUT2D eigenvalue weighted by atomic mass is 10.1. The van der Waals surface area contributed by atoms with Gasteiger partial charge in [-0.2, -0.15) is 0 Å². The van der Waals surface area contributed by atoms with E-state index in [4.69, 9.17) is 4.42 Å². The Bertz CT molecular complexity index is 962. The number of nitrogens with one attached hydrogen (secondary N) is 1. The van der Waals surface area contributed by atoms with Gasteiger partial charge >= 0.3 is 0 Å². The quantitative estimate of drug-likeness (QED) is 0.696. The zero-order valence-corrected chi connectivity index (χ0v) is 15.6. The van der Waals surface area contributed by atoms with Crippen molar-refractivity contribution in [3.8, 4) is 0 Å². The highest BCUT2D eigenvalue weighted by Crippen LogP contribution is 2.20. The van der Waals surface area contributed by atoms with Crippen LogP contribution in [0, 0.1) is 0 Å². The van der Waals surface area contributed by atoms with E-state index in [1.165, 1.54) is 6.07 Å². The molecule has 140 valence electrons. The number of carbonyl (C=O) groups excluding carboxylic acids is 1. The lowest BCUT2D eigenvalue weighted by Gasteiger charge is -2.30. The van der Waals surface area contributed by atoms with E-state index < -0.39 is 0 Å². The Morgan fingerprint density at radius 2 is 1.70 bits per heavy atom. The summed E-state index contributed by atoms with van der Waals surface area (Å²) in [7, 11) is 0. The van der Waals surface area contributed by atoms with Crippen molar-refractivity contribution in [1.82, 2.24) is 10.2 Å². The predicted octanol–water partition coefficient (Wildman–Crippen LogP) is 3.61. The van der Waals surface area contributed by atoms with Crippen molar-refractivity contribution in [1.29, 1.82) is 0 Å². The van der Waals surface area contributed by atoms with Crippen LogP contribution in [0.25, 0.3) is 11.0 Å². The number of hydrogen-bond acceptors (Lipinski definition) is 4. The van der Waals surface area contributed by atoms with Crippen molar-refractivity contribution < 1.29 is 9.21 Å². The first-order chi connectivity index (χ1) is 13.1. The number of rotatable bonds is 7. The lowest BCUT2D eigenvalue weighted by molar-refractivity contribution is 0.0908. The third-order valence-corrected chi connectivity index (χ3v) is 4.75. The van der Waals surface area contributed by atoms with Crippen molar-refractivity contribution in [3.05, 3.63) is 82.2 Å². The standard InChI is InChI=1S/C22H24N2O3/c1-3-24(4-2)18(16-10-6-5-7-11-16)15-23-22(26)21-14-19(25)17-12-8-9-13-20(17)27-21/h5-14,18H,3-4,15H2,1-2H3,(H,23,26). The smallest absolute Gasteiger partial charge is 0.287 e. The van der Waals surface area contributed by atoms with Crippen LogP contribution < -0.4 is 10.7 Å². The molecule has 1 unspecified atom stereocenters. The minimum Gasteiger partial charge on any atom is -0.451 e. The highest BCUT2D eigenvalue weighted by molar-refractivity contribution is 5.93. The van der Waals surface area contributed by atoms with Crippen LogP contribution in [0.3, 0.4) is 0 Å². The molecule has 0 aliphatic heterocycles. The van der Waals surface area contributed by atoms with Crippen molar-refractivity contribution in [2.45, 2.75) is 19.9 Å². The van der Waals surface area contributed by atoms with Crippen LogP contribution >= 0.6 is 0 Å². The predicted molar refractivity (Wildman–Crippen MR) is 107 cm³/mol. The molecule has 1 N–H and O–H groups in total. The van der Waals surface area contributed by atoms with Gasteiger partial charge in [0.15, 0.2) is 11.2 Å². The number of carbonyl (C=O) groups is 1. The summed E-state index contributed by atoms with van der Waals surface area (Å²) in [6, 6.07) is 18.3. The van der Waals surface area contributed by atoms with E-state index in [1.54, 1.807) is 24.3 Å². The second-order valence-corrected chi connectivity index (χ2v) is 6.33. The molecule has 0 aliphatic rings. The maximum atomic E-state index is 12.6. The van der Waals surface area contributed by atoms with E-state index in [9.17, 15) is 9.59 Å². The van der Waals surface area contributed by atoms with Gasteiger partial charge in [0.05, 0.1) is 11.4 Å². The molecule has 3 aromatic rings. The number of fused-ring (bicyclic) bond motifs is 1. The van der Waals surface area contributed by atoms with Crippen molar-refractivity contribution in [2.24, 2.45) is 0 Å². The van der Waals surface area contributed by atoms with Gasteiger partial charge in [-0.25, -0.2) is 0 Å². The van der Waals surface area contributed by atoms with Gasteiger partial charge < -0.3 is 9.73 Å². The highest BCUT2D eigenvalue weighted by atomic mass is 16.3. The van der Waals surface area contributed by atoms with Gasteiger partial charge in [-0.05, 0) is 30.8 Å². The average molecular weight is 364 g/mol. The van der Waals surface area contributed by atoms with Crippen molar-refractivity contribution in [2.75, 3.05) is 19.6 Å². The summed E-state index contributed by atoms with van der Waals surface area (Å²) < 4.78 is 5.63. The maximum Gasteiger partial charge on any atom is 0.287 e. The van der Waals surface area contributed by atoms with Crippen LogP contribution in [0.5, 0.6) is 0 Å². The van der Waals surface area contributed by atoms with Crippen LogP contribution in [0.4, 0.5) is 0 Å². The average Bonchev–Trinajstić information content (AvgIpc) is 2.71. The zero-order chi connectivity index (χ0) is 19.2. The molecule has 1 amide bonds. The van der Waals surface area contributed by atoms with E-state index in [1.807, 2.05) is 18.2 Å². The zero-order valence-electron chi connectivity index (χ0n) is 15.6. The molecule has 27 heavy (non-hydrogen) atoms. The van der Waals surface area contributed by atoms with Crippen LogP contribution in [0.2, 0.25) is 0 Å². The number of para-hydroxylation sites is 1. The Labute approximate surface area is 158 Å². The number of likely N-dealkylation sites (N-methyl/N-ethyl adjacent to an activating group) is 1. The molecule has 5 heteroatoms. The van der Waals surface area contributed by atoms with Gasteiger partial charge in [0.1, 0.15) is 5.58 Å². The third-order valence-electron chi connectivity index (χ3n) is 4.75. The molecule has 0 radical (unpaired) electrons. The summed E-state index contributed by atoms with van der Waals surface area (Å²) in [5, 5.41) is 3.40. The SMILES string of the molecule is CCN(CC)C(CNC(=O)c1cc(=O)c2ccccc2o1)c1ccccc1. The molecule has 3 rings (SSSR count). The summed E-state index contributed by atoms with van der Waals surface area (Å²) in [6.45, 7) is 6.38. The molecule has 0 saturated carbocycles. The minimum absolute atomic E-state index is 0.0325. The topological polar surface area (TPSA) is 62.6 Å².